The van der Waals surface area contributed by atoms with Crippen molar-refractivity contribution in [2.75, 3.05) is 31.6 Å². The Kier molecular flexibility index (Phi) is 6.36. The highest BCUT2D eigenvalue weighted by atomic mass is 32.1. The topological polar surface area (TPSA) is 96.4 Å². The minimum absolute atomic E-state index is 0.115. The summed E-state index contributed by atoms with van der Waals surface area (Å²) in [5.41, 5.74) is 2.88. The Labute approximate surface area is 189 Å². The molecule has 0 atom stereocenters. The summed E-state index contributed by atoms with van der Waals surface area (Å²) in [5, 5.41) is 3.22. The minimum Gasteiger partial charge on any atom is -0.465 e. The zero-order chi connectivity index (χ0) is 22.7. The van der Waals surface area contributed by atoms with Gasteiger partial charge in [0.2, 0.25) is 5.91 Å². The van der Waals surface area contributed by atoms with E-state index in [0.29, 0.717) is 29.6 Å². The van der Waals surface area contributed by atoms with E-state index in [9.17, 15) is 14.4 Å². The first kappa shape index (κ1) is 21.8. The van der Waals surface area contributed by atoms with E-state index in [1.807, 2.05) is 12.1 Å². The van der Waals surface area contributed by atoms with Crippen LogP contribution in [-0.4, -0.2) is 48.2 Å². The average molecular weight is 453 g/mol. The van der Waals surface area contributed by atoms with Crippen LogP contribution in [0.5, 0.6) is 0 Å². The smallest absolute Gasteiger partial charge is 0.337 e. The maximum Gasteiger partial charge on any atom is 0.337 e. The van der Waals surface area contributed by atoms with Gasteiger partial charge in [0.25, 0.3) is 5.56 Å². The molecule has 2 heterocycles. The first-order chi connectivity index (χ1) is 15.5. The van der Waals surface area contributed by atoms with Crippen molar-refractivity contribution in [1.82, 2.24) is 14.9 Å². The Morgan fingerprint density at radius 1 is 1.22 bits per heavy atom. The number of amides is 1. The number of hydrogen-bond donors (Lipinski definition) is 2. The first-order valence-electron chi connectivity index (χ1n) is 10.4. The molecule has 32 heavy (non-hydrogen) atoms. The van der Waals surface area contributed by atoms with Gasteiger partial charge in [0.1, 0.15) is 6.54 Å². The van der Waals surface area contributed by atoms with Crippen LogP contribution in [0.25, 0.3) is 10.9 Å². The van der Waals surface area contributed by atoms with E-state index in [-0.39, 0.29) is 22.8 Å². The molecule has 0 fully saturated rings. The van der Waals surface area contributed by atoms with Gasteiger partial charge < -0.3 is 19.9 Å². The van der Waals surface area contributed by atoms with Crippen LogP contribution in [0.1, 0.15) is 22.3 Å². The number of methoxy groups -OCH3 is 1. The van der Waals surface area contributed by atoms with Crippen LogP contribution in [0, 0.1) is 4.77 Å². The second-order valence-corrected chi connectivity index (χ2v) is 8.03. The first-order valence-corrected chi connectivity index (χ1v) is 10.8. The van der Waals surface area contributed by atoms with Crippen LogP contribution in [0.4, 0.5) is 5.69 Å². The lowest BCUT2D eigenvalue weighted by molar-refractivity contribution is -0.121. The molecular weight excluding hydrogens is 428 g/mol. The predicted octanol–water partition coefficient (Wildman–Crippen LogP) is 2.41. The highest BCUT2D eigenvalue weighted by molar-refractivity contribution is 7.71. The fraction of sp³-hybridized carbons (Fsp3) is 0.304. The van der Waals surface area contributed by atoms with Crippen molar-refractivity contribution in [3.8, 4) is 0 Å². The number of rotatable bonds is 6. The van der Waals surface area contributed by atoms with Gasteiger partial charge in [-0.1, -0.05) is 18.2 Å². The Morgan fingerprint density at radius 3 is 2.84 bits per heavy atom. The summed E-state index contributed by atoms with van der Waals surface area (Å²) in [4.78, 5) is 42.3. The molecule has 0 saturated carbocycles. The van der Waals surface area contributed by atoms with Gasteiger partial charge in [-0.2, -0.15) is 0 Å². The summed E-state index contributed by atoms with van der Waals surface area (Å²) >= 11 is 5.28. The van der Waals surface area contributed by atoms with E-state index in [4.69, 9.17) is 17.0 Å². The molecule has 2 aromatic carbocycles. The normalized spacial score (nSPS) is 13.0. The molecule has 8 nitrogen and oxygen atoms in total. The lowest BCUT2D eigenvalue weighted by atomic mass is 10.0. The molecule has 1 aliphatic heterocycles. The number of carbonyl (C=O) groups is 2. The molecule has 0 saturated heterocycles. The molecular formula is C23H24N4O4S. The third-order valence-corrected chi connectivity index (χ3v) is 5.94. The Bertz CT molecular complexity index is 1300. The number of carbonyl (C=O) groups excluding carboxylic acids is 2. The highest BCUT2D eigenvalue weighted by Crippen LogP contribution is 2.25. The predicted molar refractivity (Wildman–Crippen MR) is 125 cm³/mol. The van der Waals surface area contributed by atoms with E-state index in [1.54, 1.807) is 0 Å². The van der Waals surface area contributed by atoms with Gasteiger partial charge in [-0.25, -0.2) is 4.79 Å². The number of H-pyrrole nitrogens is 1. The zero-order valence-electron chi connectivity index (χ0n) is 17.7. The molecule has 1 amide bonds. The van der Waals surface area contributed by atoms with Crippen molar-refractivity contribution in [2.45, 2.75) is 19.4 Å². The molecule has 2 N–H and O–H groups in total. The summed E-state index contributed by atoms with van der Waals surface area (Å²) in [6, 6.07) is 12.9. The van der Waals surface area contributed by atoms with Gasteiger partial charge in [0.15, 0.2) is 4.77 Å². The molecule has 0 bridgehead atoms. The largest absolute Gasteiger partial charge is 0.465 e. The lowest BCUT2D eigenvalue weighted by Gasteiger charge is -2.31. The molecule has 9 heteroatoms. The van der Waals surface area contributed by atoms with Crippen LogP contribution in [0.2, 0.25) is 0 Å². The molecule has 3 aromatic rings. The number of aromatic nitrogens is 2. The number of aromatic amines is 1. The van der Waals surface area contributed by atoms with Gasteiger partial charge in [0.05, 0.1) is 23.6 Å². The number of ether oxygens (including phenoxy) is 1. The van der Waals surface area contributed by atoms with Gasteiger partial charge in [-0.15, -0.1) is 0 Å². The van der Waals surface area contributed by atoms with Gasteiger partial charge in [0, 0.05) is 25.3 Å². The quantitative estimate of drug-likeness (QED) is 0.441. The van der Waals surface area contributed by atoms with Gasteiger partial charge in [-0.05, 0) is 54.9 Å². The summed E-state index contributed by atoms with van der Waals surface area (Å²) < 4.78 is 6.04. The van der Waals surface area contributed by atoms with Crippen molar-refractivity contribution in [1.29, 1.82) is 0 Å². The van der Waals surface area contributed by atoms with Gasteiger partial charge >= 0.3 is 5.97 Å². The molecule has 0 radical (unpaired) electrons. The maximum absolute atomic E-state index is 12.9. The number of fused-ring (bicyclic) bond motifs is 2. The number of nitrogens with one attached hydrogen (secondary N) is 2. The van der Waals surface area contributed by atoms with Crippen LogP contribution in [0.3, 0.4) is 0 Å². The minimum atomic E-state index is -0.508. The molecule has 0 unspecified atom stereocenters. The standard InChI is InChI=1S/C23H24N4O4S/c1-31-22(30)16-8-9-17-18(13-16)25-23(32)27(21(17)29)14-20(28)24-10-12-26-11-4-6-15-5-2-3-7-19(15)26/h2-3,5,7-9,13H,4,6,10-12,14H2,1H3,(H,24,28)(H,25,32). The van der Waals surface area contributed by atoms with Gasteiger partial charge in [-0.3, -0.25) is 14.2 Å². The van der Waals surface area contributed by atoms with Crippen LogP contribution >= 0.6 is 12.2 Å². The summed E-state index contributed by atoms with van der Waals surface area (Å²) in [6.07, 6.45) is 2.16. The second kappa shape index (κ2) is 9.35. The van der Waals surface area contributed by atoms with E-state index >= 15 is 0 Å². The molecule has 1 aliphatic rings. The number of anilines is 1. The lowest BCUT2D eigenvalue weighted by Crippen LogP contribution is -2.39. The summed E-state index contributed by atoms with van der Waals surface area (Å²) in [7, 11) is 1.29. The van der Waals surface area contributed by atoms with Crippen molar-refractivity contribution in [3.63, 3.8) is 0 Å². The van der Waals surface area contributed by atoms with Crippen molar-refractivity contribution in [3.05, 3.63) is 68.7 Å². The zero-order valence-corrected chi connectivity index (χ0v) is 18.5. The average Bonchev–Trinajstić information content (AvgIpc) is 2.81. The number of esters is 1. The SMILES string of the molecule is COC(=O)c1ccc2c(=O)n(CC(=O)NCCN3CCCc4ccccc43)c(=S)[nH]c2c1. The summed E-state index contributed by atoms with van der Waals surface area (Å²) in [5.74, 6) is -0.798. The number of nitrogens with zero attached hydrogens (tertiary/aromatic N) is 2. The Balaban J connectivity index is 1.43. The van der Waals surface area contributed by atoms with Crippen LogP contribution in [0.15, 0.2) is 47.3 Å². The fourth-order valence-corrected chi connectivity index (χ4v) is 4.27. The van der Waals surface area contributed by atoms with E-state index in [1.165, 1.54) is 41.1 Å². The van der Waals surface area contributed by atoms with Crippen molar-refractivity contribution < 1.29 is 14.3 Å². The summed E-state index contributed by atoms with van der Waals surface area (Å²) in [6.45, 7) is 1.93. The van der Waals surface area contributed by atoms with Crippen LogP contribution in [-0.2, 0) is 22.5 Å². The molecule has 166 valence electrons. The molecule has 0 spiro atoms. The van der Waals surface area contributed by atoms with Crippen molar-refractivity contribution in [2.24, 2.45) is 0 Å². The number of benzene rings is 2. The molecule has 1 aromatic heterocycles. The van der Waals surface area contributed by atoms with E-state index in [0.717, 1.165) is 19.4 Å². The third-order valence-electron chi connectivity index (χ3n) is 5.62. The number of hydrogen-bond acceptors (Lipinski definition) is 6. The highest BCUT2D eigenvalue weighted by Gasteiger charge is 2.16. The maximum atomic E-state index is 12.9. The number of aryl methyl sites for hydroxylation is 1. The second-order valence-electron chi connectivity index (χ2n) is 7.64. The fourth-order valence-electron chi connectivity index (χ4n) is 4.02. The number of para-hydroxylation sites is 1. The van der Waals surface area contributed by atoms with E-state index in [2.05, 4.69) is 27.3 Å². The van der Waals surface area contributed by atoms with E-state index < -0.39 is 5.97 Å². The van der Waals surface area contributed by atoms with Crippen LogP contribution < -0.4 is 15.8 Å². The molecule has 0 aliphatic carbocycles. The Morgan fingerprint density at radius 2 is 2.03 bits per heavy atom. The molecule has 4 rings (SSSR count). The third kappa shape index (κ3) is 4.43. The Hall–Kier alpha value is -3.46. The monoisotopic (exact) mass is 452 g/mol. The van der Waals surface area contributed by atoms with Crippen molar-refractivity contribution >= 4 is 40.7 Å².